The van der Waals surface area contributed by atoms with E-state index in [2.05, 4.69) is 28.8 Å². The van der Waals surface area contributed by atoms with Gasteiger partial charge in [0.05, 0.1) is 24.0 Å². The van der Waals surface area contributed by atoms with Crippen molar-refractivity contribution in [3.05, 3.63) is 48.0 Å². The number of carbonyl (C=O) groups excluding carboxylic acids is 1. The van der Waals surface area contributed by atoms with E-state index in [1.54, 1.807) is 18.3 Å². The van der Waals surface area contributed by atoms with Crippen LogP contribution in [0.4, 0.5) is 0 Å². The Morgan fingerprint density at radius 1 is 1.19 bits per heavy atom. The molecule has 2 aromatic heterocycles. The van der Waals surface area contributed by atoms with Crippen LogP contribution in [0.3, 0.4) is 0 Å². The topological polar surface area (TPSA) is 102 Å². The maximum atomic E-state index is 12.9. The lowest BCUT2D eigenvalue weighted by atomic mass is 10.0. The Labute approximate surface area is 188 Å². The lowest BCUT2D eigenvalue weighted by Crippen LogP contribution is -2.37. The third-order valence-corrected chi connectivity index (χ3v) is 5.71. The summed E-state index contributed by atoms with van der Waals surface area (Å²) in [5.74, 6) is -0.00989. The smallest absolute Gasteiger partial charge is 0.305 e. The van der Waals surface area contributed by atoms with Crippen LogP contribution < -0.4 is 5.32 Å². The van der Waals surface area contributed by atoms with Gasteiger partial charge in [-0.15, -0.1) is 0 Å². The zero-order chi connectivity index (χ0) is 23.3. The number of imidazole rings is 1. The molecule has 0 fully saturated rings. The van der Waals surface area contributed by atoms with Gasteiger partial charge >= 0.3 is 5.97 Å². The van der Waals surface area contributed by atoms with Crippen molar-refractivity contribution in [2.24, 2.45) is 5.92 Å². The van der Waals surface area contributed by atoms with Crippen LogP contribution in [-0.2, 0) is 11.3 Å². The molecule has 0 saturated carbocycles. The number of aliphatic carboxylic acids is 1. The zero-order valence-electron chi connectivity index (χ0n) is 19.3. The maximum absolute atomic E-state index is 12.9. The van der Waals surface area contributed by atoms with E-state index in [9.17, 15) is 14.7 Å². The molecule has 0 aliphatic heterocycles. The Hall–Kier alpha value is -3.16. The van der Waals surface area contributed by atoms with Crippen LogP contribution in [0.1, 0.15) is 75.6 Å². The molecule has 0 bridgehead atoms. The van der Waals surface area contributed by atoms with E-state index in [0.717, 1.165) is 29.7 Å². The van der Waals surface area contributed by atoms with Gasteiger partial charge in [-0.05, 0) is 49.4 Å². The van der Waals surface area contributed by atoms with Crippen LogP contribution in [0.5, 0.6) is 0 Å². The van der Waals surface area contributed by atoms with E-state index < -0.39 is 12.0 Å². The highest BCUT2D eigenvalue weighted by molar-refractivity contribution is 5.97. The Balaban J connectivity index is 1.93. The first-order chi connectivity index (χ1) is 15.3. The number of carboxylic acids is 1. The van der Waals surface area contributed by atoms with Crippen molar-refractivity contribution in [3.8, 4) is 0 Å². The molecule has 0 radical (unpaired) electrons. The second-order valence-electron chi connectivity index (χ2n) is 8.67. The molecule has 8 nitrogen and oxygen atoms in total. The first-order valence-corrected chi connectivity index (χ1v) is 11.3. The molecule has 3 aromatic rings. The van der Waals surface area contributed by atoms with Crippen LogP contribution in [0.25, 0.3) is 11.0 Å². The van der Waals surface area contributed by atoms with Gasteiger partial charge in [0.1, 0.15) is 5.82 Å². The second kappa shape index (κ2) is 10.4. The highest BCUT2D eigenvalue weighted by Gasteiger charge is 2.21. The minimum absolute atomic E-state index is 0.0938. The van der Waals surface area contributed by atoms with Crippen molar-refractivity contribution in [2.75, 3.05) is 0 Å². The van der Waals surface area contributed by atoms with Crippen LogP contribution >= 0.6 is 0 Å². The molecule has 8 heteroatoms. The average molecular weight is 440 g/mol. The van der Waals surface area contributed by atoms with E-state index in [1.807, 2.05) is 36.9 Å². The Morgan fingerprint density at radius 3 is 2.53 bits per heavy atom. The Morgan fingerprint density at radius 2 is 1.94 bits per heavy atom. The monoisotopic (exact) mass is 439 g/mol. The molecule has 0 saturated heterocycles. The zero-order valence-corrected chi connectivity index (χ0v) is 19.3. The number of rotatable bonds is 11. The van der Waals surface area contributed by atoms with Crippen LogP contribution in [-0.4, -0.2) is 42.4 Å². The molecule has 2 heterocycles. The lowest BCUT2D eigenvalue weighted by molar-refractivity contribution is -0.137. The fourth-order valence-corrected chi connectivity index (χ4v) is 4.24. The molecule has 0 aliphatic carbocycles. The van der Waals surface area contributed by atoms with Crippen LogP contribution in [0.2, 0.25) is 0 Å². The van der Waals surface area contributed by atoms with Gasteiger partial charge in [-0.3, -0.25) is 14.3 Å². The van der Waals surface area contributed by atoms with Gasteiger partial charge in [0, 0.05) is 30.0 Å². The SMILES string of the molecule is CCC(CC)n1c(Cn2cccn2)nc2cc(C(=O)N[C@H](CC(=O)O)CC(C)C)ccc21. The van der Waals surface area contributed by atoms with Crippen LogP contribution in [0.15, 0.2) is 36.7 Å². The van der Waals surface area contributed by atoms with E-state index >= 15 is 0 Å². The van der Waals surface area contributed by atoms with Crippen molar-refractivity contribution in [2.45, 2.75) is 72.0 Å². The van der Waals surface area contributed by atoms with E-state index in [0.29, 0.717) is 24.6 Å². The third kappa shape index (κ3) is 5.55. The lowest BCUT2D eigenvalue weighted by Gasteiger charge is -2.20. The molecule has 3 rings (SSSR count). The number of carboxylic acid groups (broad SMARTS) is 1. The average Bonchev–Trinajstić information content (AvgIpc) is 3.36. The molecular formula is C24H33N5O3. The van der Waals surface area contributed by atoms with Crippen molar-refractivity contribution in [3.63, 3.8) is 0 Å². The largest absolute Gasteiger partial charge is 0.481 e. The molecular weight excluding hydrogens is 406 g/mol. The summed E-state index contributed by atoms with van der Waals surface area (Å²) in [6, 6.07) is 7.31. The number of benzene rings is 1. The molecule has 1 amide bonds. The molecule has 0 aliphatic rings. The van der Waals surface area contributed by atoms with Gasteiger partial charge in [0.2, 0.25) is 0 Å². The number of aromatic nitrogens is 4. The standard InChI is InChI=1S/C24H33N5O3/c1-5-19(6-2)29-21-9-8-17(24(32)26-18(12-16(3)4)14-23(30)31)13-20(21)27-22(29)15-28-11-7-10-25-28/h7-11,13,16,18-19H,5-6,12,14-15H2,1-4H3,(H,26,32)(H,30,31)/t18-/m0/s1. The molecule has 0 unspecified atom stereocenters. The van der Waals surface area contributed by atoms with Gasteiger partial charge < -0.3 is 15.0 Å². The minimum Gasteiger partial charge on any atom is -0.481 e. The summed E-state index contributed by atoms with van der Waals surface area (Å²) in [6.45, 7) is 8.90. The predicted octanol–water partition coefficient (Wildman–Crippen LogP) is 4.26. The Kier molecular flexibility index (Phi) is 7.66. The first-order valence-electron chi connectivity index (χ1n) is 11.3. The Bertz CT molecular complexity index is 1050. The van der Waals surface area contributed by atoms with E-state index in [4.69, 9.17) is 4.98 Å². The summed E-state index contributed by atoms with van der Waals surface area (Å²) < 4.78 is 4.10. The van der Waals surface area contributed by atoms with E-state index in [-0.39, 0.29) is 18.2 Å². The first kappa shape index (κ1) is 23.5. The second-order valence-corrected chi connectivity index (χ2v) is 8.67. The molecule has 172 valence electrons. The van der Waals surface area contributed by atoms with Gasteiger partial charge in [0.25, 0.3) is 5.91 Å². The van der Waals surface area contributed by atoms with Crippen LogP contribution in [0, 0.1) is 5.92 Å². The summed E-state index contributed by atoms with van der Waals surface area (Å²) in [4.78, 5) is 29.0. The minimum atomic E-state index is -0.918. The highest BCUT2D eigenvalue weighted by atomic mass is 16.4. The molecule has 1 aromatic carbocycles. The maximum Gasteiger partial charge on any atom is 0.305 e. The number of hydrogen-bond acceptors (Lipinski definition) is 4. The van der Waals surface area contributed by atoms with Crippen molar-refractivity contribution in [1.29, 1.82) is 0 Å². The summed E-state index contributed by atoms with van der Waals surface area (Å²) in [7, 11) is 0. The van der Waals surface area contributed by atoms with Gasteiger partial charge in [0.15, 0.2) is 0 Å². The molecule has 2 N–H and O–H groups in total. The highest BCUT2D eigenvalue weighted by Crippen LogP contribution is 2.27. The normalized spacial score (nSPS) is 12.6. The van der Waals surface area contributed by atoms with Crippen molar-refractivity contribution >= 4 is 22.9 Å². The van der Waals surface area contributed by atoms with Gasteiger partial charge in [-0.25, -0.2) is 4.98 Å². The molecule has 32 heavy (non-hydrogen) atoms. The number of nitrogens with zero attached hydrogens (tertiary/aromatic N) is 4. The predicted molar refractivity (Wildman–Crippen MR) is 124 cm³/mol. The number of amides is 1. The fraction of sp³-hybridized carbons (Fsp3) is 0.500. The molecule has 0 spiro atoms. The van der Waals surface area contributed by atoms with Crippen molar-refractivity contribution < 1.29 is 14.7 Å². The van der Waals surface area contributed by atoms with Gasteiger partial charge in [-0.2, -0.15) is 5.10 Å². The number of hydrogen-bond donors (Lipinski definition) is 2. The summed E-state index contributed by atoms with van der Waals surface area (Å²) >= 11 is 0. The number of fused-ring (bicyclic) bond motifs is 1. The van der Waals surface area contributed by atoms with E-state index in [1.165, 1.54) is 0 Å². The van der Waals surface area contributed by atoms with Crippen molar-refractivity contribution in [1.82, 2.24) is 24.6 Å². The summed E-state index contributed by atoms with van der Waals surface area (Å²) in [6.07, 6.45) is 6.12. The summed E-state index contributed by atoms with van der Waals surface area (Å²) in [5.41, 5.74) is 2.23. The fourth-order valence-electron chi connectivity index (χ4n) is 4.24. The number of carbonyl (C=O) groups is 2. The molecule has 1 atom stereocenters. The number of nitrogens with one attached hydrogen (secondary N) is 1. The summed E-state index contributed by atoms with van der Waals surface area (Å²) in [5, 5.41) is 16.4. The van der Waals surface area contributed by atoms with Gasteiger partial charge in [-0.1, -0.05) is 27.7 Å². The quantitative estimate of drug-likeness (QED) is 0.465. The third-order valence-electron chi connectivity index (χ3n) is 5.71.